The van der Waals surface area contributed by atoms with Crippen molar-refractivity contribution in [3.63, 3.8) is 0 Å². The highest BCUT2D eigenvalue weighted by molar-refractivity contribution is 5.89. The monoisotopic (exact) mass is 305 g/mol. The average Bonchev–Trinajstić information content (AvgIpc) is 2.55. The van der Waals surface area contributed by atoms with Gasteiger partial charge in [-0.2, -0.15) is 0 Å². The number of methoxy groups -OCH3 is 1. The van der Waals surface area contributed by atoms with Crippen LogP contribution in [0.25, 0.3) is 0 Å². The van der Waals surface area contributed by atoms with Crippen LogP contribution in [0, 0.1) is 5.92 Å². The molecule has 1 aromatic rings. The van der Waals surface area contributed by atoms with Gasteiger partial charge in [0.15, 0.2) is 0 Å². The van der Waals surface area contributed by atoms with Gasteiger partial charge in [0.05, 0.1) is 12.7 Å². The molecule has 0 radical (unpaired) electrons. The number of likely N-dealkylation sites (tertiary alicyclic amines) is 1. The molecule has 1 heterocycles. The van der Waals surface area contributed by atoms with Gasteiger partial charge in [0.2, 0.25) is 0 Å². The van der Waals surface area contributed by atoms with Crippen LogP contribution in [0.1, 0.15) is 43.0 Å². The standard InChI is InChI=1S/C17H23NO4/c1-3-4-13-9-11-18(12-10-13)17(20)22-15-7-5-14(6-8-15)16(19)21-2/h5-8,13H,3-4,9-12H2,1-2H3. The van der Waals surface area contributed by atoms with E-state index in [4.69, 9.17) is 4.74 Å². The topological polar surface area (TPSA) is 55.8 Å². The lowest BCUT2D eigenvalue weighted by molar-refractivity contribution is 0.0600. The summed E-state index contributed by atoms with van der Waals surface area (Å²) in [7, 11) is 1.33. The largest absolute Gasteiger partial charge is 0.465 e. The molecule has 5 heteroatoms. The van der Waals surface area contributed by atoms with Gasteiger partial charge in [0.25, 0.3) is 0 Å². The fourth-order valence-corrected chi connectivity index (χ4v) is 2.75. The van der Waals surface area contributed by atoms with Gasteiger partial charge in [0.1, 0.15) is 5.75 Å². The molecular weight excluding hydrogens is 282 g/mol. The molecule has 0 aliphatic carbocycles. The van der Waals surface area contributed by atoms with E-state index >= 15 is 0 Å². The fraction of sp³-hybridized carbons (Fsp3) is 0.529. The number of rotatable bonds is 4. The van der Waals surface area contributed by atoms with E-state index in [2.05, 4.69) is 11.7 Å². The number of amides is 1. The Balaban J connectivity index is 1.86. The zero-order chi connectivity index (χ0) is 15.9. The molecule has 0 atom stereocenters. The molecule has 0 unspecified atom stereocenters. The van der Waals surface area contributed by atoms with Gasteiger partial charge in [-0.1, -0.05) is 19.8 Å². The lowest BCUT2D eigenvalue weighted by atomic mass is 9.93. The maximum absolute atomic E-state index is 12.1. The summed E-state index contributed by atoms with van der Waals surface area (Å²) >= 11 is 0. The molecule has 1 amide bonds. The average molecular weight is 305 g/mol. The second-order valence-electron chi connectivity index (χ2n) is 5.60. The van der Waals surface area contributed by atoms with Gasteiger partial charge < -0.3 is 14.4 Å². The third kappa shape index (κ3) is 4.23. The number of ether oxygens (including phenoxy) is 2. The number of esters is 1. The van der Waals surface area contributed by atoms with Crippen molar-refractivity contribution in [2.75, 3.05) is 20.2 Å². The summed E-state index contributed by atoms with van der Waals surface area (Å²) in [6.07, 6.45) is 4.20. The lowest BCUT2D eigenvalue weighted by Gasteiger charge is -2.31. The molecule has 0 N–H and O–H groups in total. The Labute approximate surface area is 131 Å². The zero-order valence-corrected chi connectivity index (χ0v) is 13.2. The van der Waals surface area contributed by atoms with E-state index in [1.165, 1.54) is 20.0 Å². The number of benzene rings is 1. The molecule has 5 nitrogen and oxygen atoms in total. The molecule has 22 heavy (non-hydrogen) atoms. The van der Waals surface area contributed by atoms with E-state index in [0.29, 0.717) is 11.3 Å². The van der Waals surface area contributed by atoms with Crippen molar-refractivity contribution in [1.82, 2.24) is 4.90 Å². The van der Waals surface area contributed by atoms with Crippen molar-refractivity contribution in [2.45, 2.75) is 32.6 Å². The second kappa shape index (κ2) is 7.82. The highest BCUT2D eigenvalue weighted by Crippen LogP contribution is 2.22. The second-order valence-corrected chi connectivity index (χ2v) is 5.60. The van der Waals surface area contributed by atoms with Crippen LogP contribution >= 0.6 is 0 Å². The Morgan fingerprint density at radius 2 is 1.82 bits per heavy atom. The van der Waals surface area contributed by atoms with Gasteiger partial charge in [-0.3, -0.25) is 0 Å². The Bertz CT molecular complexity index is 504. The Hall–Kier alpha value is -2.04. The van der Waals surface area contributed by atoms with Crippen LogP contribution in [-0.4, -0.2) is 37.2 Å². The third-order valence-corrected chi connectivity index (χ3v) is 4.05. The van der Waals surface area contributed by atoms with Crippen molar-refractivity contribution in [2.24, 2.45) is 5.92 Å². The van der Waals surface area contributed by atoms with Crippen molar-refractivity contribution in [1.29, 1.82) is 0 Å². The highest BCUT2D eigenvalue weighted by Gasteiger charge is 2.23. The predicted octanol–water partition coefficient (Wildman–Crippen LogP) is 3.48. The zero-order valence-electron chi connectivity index (χ0n) is 13.2. The SMILES string of the molecule is CCCC1CCN(C(=O)Oc2ccc(C(=O)OC)cc2)CC1. The first kappa shape index (κ1) is 16.3. The Kier molecular flexibility index (Phi) is 5.81. The van der Waals surface area contributed by atoms with Crippen molar-refractivity contribution >= 4 is 12.1 Å². The van der Waals surface area contributed by atoms with Crippen LogP contribution in [0.5, 0.6) is 5.75 Å². The molecule has 0 aromatic heterocycles. The van der Waals surface area contributed by atoms with E-state index in [-0.39, 0.29) is 6.09 Å². The molecule has 1 aliphatic heterocycles. The number of carbonyl (C=O) groups is 2. The predicted molar refractivity (Wildman–Crippen MR) is 83.0 cm³/mol. The minimum atomic E-state index is -0.407. The number of hydrogen-bond acceptors (Lipinski definition) is 4. The quantitative estimate of drug-likeness (QED) is 0.799. The number of nitrogens with zero attached hydrogens (tertiary/aromatic N) is 1. The van der Waals surface area contributed by atoms with Crippen molar-refractivity contribution < 1.29 is 19.1 Å². The molecular formula is C17H23NO4. The first-order valence-corrected chi connectivity index (χ1v) is 7.79. The summed E-state index contributed by atoms with van der Waals surface area (Å²) in [5.74, 6) is 0.762. The van der Waals surface area contributed by atoms with Crippen LogP contribution in [0.2, 0.25) is 0 Å². The van der Waals surface area contributed by atoms with Crippen molar-refractivity contribution in [3.05, 3.63) is 29.8 Å². The van der Waals surface area contributed by atoms with Crippen LogP contribution in [-0.2, 0) is 4.74 Å². The minimum Gasteiger partial charge on any atom is -0.465 e. The summed E-state index contributed by atoms with van der Waals surface area (Å²) in [5.41, 5.74) is 0.433. The molecule has 1 fully saturated rings. The van der Waals surface area contributed by atoms with E-state index in [1.807, 2.05) is 0 Å². The maximum atomic E-state index is 12.1. The van der Waals surface area contributed by atoms with Gasteiger partial charge in [-0.15, -0.1) is 0 Å². The van der Waals surface area contributed by atoms with E-state index in [1.54, 1.807) is 29.2 Å². The number of carbonyl (C=O) groups excluding carboxylic acids is 2. The summed E-state index contributed by atoms with van der Waals surface area (Å²) in [5, 5.41) is 0. The minimum absolute atomic E-state index is 0.319. The molecule has 1 aromatic carbocycles. The normalized spacial score (nSPS) is 15.5. The highest BCUT2D eigenvalue weighted by atomic mass is 16.6. The number of hydrogen-bond donors (Lipinski definition) is 0. The van der Waals surface area contributed by atoms with E-state index in [0.717, 1.165) is 31.8 Å². The van der Waals surface area contributed by atoms with Crippen LogP contribution < -0.4 is 4.74 Å². The molecule has 1 aliphatic rings. The summed E-state index contributed by atoms with van der Waals surface area (Å²) in [6, 6.07) is 6.38. The van der Waals surface area contributed by atoms with Crippen LogP contribution in [0.3, 0.4) is 0 Å². The number of piperidine rings is 1. The fourth-order valence-electron chi connectivity index (χ4n) is 2.75. The molecule has 1 saturated heterocycles. The molecule has 2 rings (SSSR count). The van der Waals surface area contributed by atoms with Crippen LogP contribution in [0.4, 0.5) is 4.79 Å². The van der Waals surface area contributed by atoms with E-state index < -0.39 is 5.97 Å². The van der Waals surface area contributed by atoms with E-state index in [9.17, 15) is 9.59 Å². The Morgan fingerprint density at radius 1 is 1.18 bits per heavy atom. The molecule has 0 spiro atoms. The van der Waals surface area contributed by atoms with Gasteiger partial charge in [-0.25, -0.2) is 9.59 Å². The molecule has 120 valence electrons. The smallest absolute Gasteiger partial charge is 0.415 e. The van der Waals surface area contributed by atoms with Crippen molar-refractivity contribution in [3.8, 4) is 5.75 Å². The first-order valence-electron chi connectivity index (χ1n) is 7.79. The molecule has 0 bridgehead atoms. The van der Waals surface area contributed by atoms with Gasteiger partial charge in [0, 0.05) is 13.1 Å². The molecule has 0 saturated carbocycles. The lowest BCUT2D eigenvalue weighted by Crippen LogP contribution is -2.40. The van der Waals surface area contributed by atoms with Crippen LogP contribution in [0.15, 0.2) is 24.3 Å². The first-order chi connectivity index (χ1) is 10.6. The third-order valence-electron chi connectivity index (χ3n) is 4.05. The van der Waals surface area contributed by atoms with Gasteiger partial charge >= 0.3 is 12.1 Å². The Morgan fingerprint density at radius 3 is 2.36 bits per heavy atom. The maximum Gasteiger partial charge on any atom is 0.415 e. The van der Waals surface area contributed by atoms with Gasteiger partial charge in [-0.05, 0) is 43.0 Å². The summed E-state index contributed by atoms with van der Waals surface area (Å²) < 4.78 is 9.98. The summed E-state index contributed by atoms with van der Waals surface area (Å²) in [6.45, 7) is 3.70. The summed E-state index contributed by atoms with van der Waals surface area (Å²) in [4.78, 5) is 25.2.